The molecule has 2 atom stereocenters. The van der Waals surface area contributed by atoms with Gasteiger partial charge in [-0.2, -0.15) is 0 Å². The normalized spacial score (nSPS) is 34.7. The predicted octanol–water partition coefficient (Wildman–Crippen LogP) is 3.21. The molecule has 1 aliphatic rings. The molecule has 1 nitrogen and oxygen atoms in total. The Hall–Kier alpha value is -0.0400. The van der Waals surface area contributed by atoms with Crippen molar-refractivity contribution < 1.29 is 4.79 Å². The molecule has 12 heavy (non-hydrogen) atoms. The second-order valence-electron chi connectivity index (χ2n) is 4.64. The van der Waals surface area contributed by atoms with Crippen molar-refractivity contribution in [3.05, 3.63) is 0 Å². The van der Waals surface area contributed by atoms with Crippen LogP contribution in [0.4, 0.5) is 0 Å². The Morgan fingerprint density at radius 3 is 2.42 bits per heavy atom. The molecule has 0 bridgehead atoms. The van der Waals surface area contributed by atoms with Crippen molar-refractivity contribution in [2.24, 2.45) is 17.3 Å². The summed E-state index contributed by atoms with van der Waals surface area (Å²) in [4.78, 5) is 11.2. The molecule has 0 aliphatic heterocycles. The molecule has 1 saturated carbocycles. The highest BCUT2D eigenvalue weighted by atomic mass is 35.5. The summed E-state index contributed by atoms with van der Waals surface area (Å²) < 4.78 is 0. The van der Waals surface area contributed by atoms with Crippen LogP contribution < -0.4 is 0 Å². The zero-order valence-corrected chi connectivity index (χ0v) is 8.82. The first kappa shape index (κ1) is 10.0. The van der Waals surface area contributed by atoms with E-state index in [1.165, 1.54) is 6.42 Å². The van der Waals surface area contributed by atoms with Crippen molar-refractivity contribution in [1.82, 2.24) is 0 Å². The molecule has 0 unspecified atom stereocenters. The molecule has 0 aromatic rings. The van der Waals surface area contributed by atoms with Gasteiger partial charge in [0, 0.05) is 5.92 Å². The molecule has 70 valence electrons. The molecule has 0 aromatic heterocycles. The van der Waals surface area contributed by atoms with Crippen LogP contribution in [0.3, 0.4) is 0 Å². The number of halogens is 1. The van der Waals surface area contributed by atoms with E-state index in [0.29, 0.717) is 5.92 Å². The van der Waals surface area contributed by atoms with Gasteiger partial charge in [-0.3, -0.25) is 4.79 Å². The number of hydrogen-bond acceptors (Lipinski definition) is 1. The molecule has 0 spiro atoms. The lowest BCUT2D eigenvalue weighted by Gasteiger charge is -2.40. The van der Waals surface area contributed by atoms with E-state index >= 15 is 0 Å². The van der Waals surface area contributed by atoms with Gasteiger partial charge in [0.1, 0.15) is 0 Å². The Morgan fingerprint density at radius 1 is 1.50 bits per heavy atom. The molecule has 1 fully saturated rings. The molecule has 0 aromatic carbocycles. The lowest BCUT2D eigenvalue weighted by molar-refractivity contribution is -0.122. The largest absolute Gasteiger partial charge is 0.281 e. The van der Waals surface area contributed by atoms with Gasteiger partial charge >= 0.3 is 0 Å². The van der Waals surface area contributed by atoms with E-state index in [1.54, 1.807) is 0 Å². The first-order chi connectivity index (χ1) is 5.45. The first-order valence-electron chi connectivity index (χ1n) is 4.64. The average Bonchev–Trinajstić information content (AvgIpc) is 1.82. The lowest BCUT2D eigenvalue weighted by atomic mass is 9.65. The smallest absolute Gasteiger partial charge is 0.225 e. The fraction of sp³-hybridized carbons (Fsp3) is 0.900. The lowest BCUT2D eigenvalue weighted by Crippen LogP contribution is -2.37. The maximum absolute atomic E-state index is 11.2. The number of rotatable bonds is 1. The van der Waals surface area contributed by atoms with E-state index in [4.69, 9.17) is 11.6 Å². The topological polar surface area (TPSA) is 17.1 Å². The van der Waals surface area contributed by atoms with E-state index < -0.39 is 0 Å². The van der Waals surface area contributed by atoms with Crippen molar-refractivity contribution in [2.75, 3.05) is 0 Å². The van der Waals surface area contributed by atoms with Crippen molar-refractivity contribution in [2.45, 2.75) is 40.0 Å². The van der Waals surface area contributed by atoms with Gasteiger partial charge in [0.05, 0.1) is 0 Å². The van der Waals surface area contributed by atoms with E-state index in [1.807, 2.05) is 0 Å². The Kier molecular flexibility index (Phi) is 2.82. The maximum atomic E-state index is 11.2. The maximum Gasteiger partial charge on any atom is 0.225 e. The minimum absolute atomic E-state index is 0.0629. The number of carbonyl (C=O) groups is 1. The zero-order valence-electron chi connectivity index (χ0n) is 8.06. The van der Waals surface area contributed by atoms with Gasteiger partial charge in [-0.15, -0.1) is 0 Å². The van der Waals surface area contributed by atoms with E-state index in [2.05, 4.69) is 20.8 Å². The van der Waals surface area contributed by atoms with Gasteiger partial charge in [-0.05, 0) is 35.8 Å². The summed E-state index contributed by atoms with van der Waals surface area (Å²) in [6.45, 7) is 6.42. The highest BCUT2D eigenvalue weighted by Crippen LogP contribution is 2.44. The van der Waals surface area contributed by atoms with E-state index in [0.717, 1.165) is 12.8 Å². The Labute approximate surface area is 79.5 Å². The Balaban J connectivity index is 2.81. The van der Waals surface area contributed by atoms with Crippen molar-refractivity contribution in [3.8, 4) is 0 Å². The average molecular weight is 189 g/mol. The van der Waals surface area contributed by atoms with Gasteiger partial charge in [0.2, 0.25) is 5.24 Å². The zero-order chi connectivity index (χ0) is 9.35. The summed E-state index contributed by atoms with van der Waals surface area (Å²) in [6, 6.07) is 0. The third-order valence-corrected chi connectivity index (χ3v) is 3.37. The highest BCUT2D eigenvalue weighted by Gasteiger charge is 2.40. The minimum atomic E-state index is -0.146. The van der Waals surface area contributed by atoms with Gasteiger partial charge in [-0.25, -0.2) is 0 Å². The summed E-state index contributed by atoms with van der Waals surface area (Å²) in [5.41, 5.74) is 0.108. The van der Waals surface area contributed by atoms with Crippen LogP contribution in [0.2, 0.25) is 0 Å². The van der Waals surface area contributed by atoms with Crippen LogP contribution in [0.1, 0.15) is 40.0 Å². The summed E-state index contributed by atoms with van der Waals surface area (Å²) in [7, 11) is 0. The van der Waals surface area contributed by atoms with E-state index in [9.17, 15) is 4.79 Å². The molecule has 0 amide bonds. The molecule has 2 heteroatoms. The minimum Gasteiger partial charge on any atom is -0.281 e. The van der Waals surface area contributed by atoms with E-state index in [-0.39, 0.29) is 16.6 Å². The summed E-state index contributed by atoms with van der Waals surface area (Å²) >= 11 is 5.60. The van der Waals surface area contributed by atoms with Crippen LogP contribution in [0.15, 0.2) is 0 Å². The summed E-state index contributed by atoms with van der Waals surface area (Å²) in [5, 5.41) is -0.146. The molecule has 0 heterocycles. The fourth-order valence-corrected chi connectivity index (χ4v) is 3.01. The van der Waals surface area contributed by atoms with Gasteiger partial charge in [-0.1, -0.05) is 27.2 Å². The SMILES string of the molecule is C[C@H]1CCCC(C)(C)[C@@H]1C(=O)Cl. The van der Waals surface area contributed by atoms with Crippen LogP contribution in [0, 0.1) is 17.3 Å². The van der Waals surface area contributed by atoms with Crippen molar-refractivity contribution in [3.63, 3.8) is 0 Å². The van der Waals surface area contributed by atoms with Gasteiger partial charge in [0.25, 0.3) is 0 Å². The molecule has 0 radical (unpaired) electrons. The van der Waals surface area contributed by atoms with Crippen LogP contribution in [-0.2, 0) is 4.79 Å². The van der Waals surface area contributed by atoms with Crippen LogP contribution >= 0.6 is 11.6 Å². The van der Waals surface area contributed by atoms with Crippen molar-refractivity contribution >= 4 is 16.8 Å². The quantitative estimate of drug-likeness (QED) is 0.578. The third-order valence-electron chi connectivity index (χ3n) is 3.14. The van der Waals surface area contributed by atoms with Gasteiger partial charge < -0.3 is 0 Å². The second-order valence-corrected chi connectivity index (χ2v) is 5.01. The second kappa shape index (κ2) is 3.37. The molecular formula is C10H17ClO. The fourth-order valence-electron chi connectivity index (χ4n) is 2.50. The molecule has 1 rings (SSSR count). The summed E-state index contributed by atoms with van der Waals surface area (Å²) in [6.07, 6.45) is 3.50. The molecule has 0 N–H and O–H groups in total. The van der Waals surface area contributed by atoms with Crippen LogP contribution in [0.5, 0.6) is 0 Å². The molecular weight excluding hydrogens is 172 g/mol. The Bertz CT molecular complexity index is 186. The standard InChI is InChI=1S/C10H17ClO/c1-7-5-4-6-10(2,3)8(7)9(11)12/h7-8H,4-6H2,1-3H3/t7-,8-/m0/s1. The molecule has 0 saturated heterocycles. The molecule has 1 aliphatic carbocycles. The monoisotopic (exact) mass is 188 g/mol. The highest BCUT2D eigenvalue weighted by molar-refractivity contribution is 6.64. The van der Waals surface area contributed by atoms with Gasteiger partial charge in [0.15, 0.2) is 0 Å². The summed E-state index contributed by atoms with van der Waals surface area (Å²) in [5.74, 6) is 0.520. The van der Waals surface area contributed by atoms with Crippen LogP contribution in [-0.4, -0.2) is 5.24 Å². The van der Waals surface area contributed by atoms with Crippen molar-refractivity contribution in [1.29, 1.82) is 0 Å². The number of carbonyl (C=O) groups excluding carboxylic acids is 1. The number of hydrogen-bond donors (Lipinski definition) is 0. The third kappa shape index (κ3) is 1.82. The predicted molar refractivity (Wildman–Crippen MR) is 51.1 cm³/mol. The Morgan fingerprint density at radius 2 is 2.08 bits per heavy atom. The first-order valence-corrected chi connectivity index (χ1v) is 5.02. The van der Waals surface area contributed by atoms with Crippen LogP contribution in [0.25, 0.3) is 0 Å².